The highest BCUT2D eigenvalue weighted by atomic mass is 79.9. The highest BCUT2D eigenvalue weighted by molar-refractivity contribution is 9.10. The van der Waals surface area contributed by atoms with Crippen molar-refractivity contribution in [3.05, 3.63) is 82.5 Å². The third kappa shape index (κ3) is 3.71. The van der Waals surface area contributed by atoms with Crippen LogP contribution in [0, 0.1) is 0 Å². The van der Waals surface area contributed by atoms with Gasteiger partial charge in [-0.25, -0.2) is 0 Å². The van der Waals surface area contributed by atoms with E-state index in [2.05, 4.69) is 26.2 Å². The number of halogens is 1. The summed E-state index contributed by atoms with van der Waals surface area (Å²) in [5, 5.41) is 4.04. The average molecular weight is 381 g/mol. The zero-order valence-corrected chi connectivity index (χ0v) is 14.8. The Balaban J connectivity index is 1.74. The van der Waals surface area contributed by atoms with Crippen LogP contribution in [0.5, 0.6) is 0 Å². The van der Waals surface area contributed by atoms with Crippen LogP contribution in [0.25, 0.3) is 17.0 Å². The molecule has 3 nitrogen and oxygen atoms in total. The molecule has 0 spiro atoms. The molecule has 0 saturated carbocycles. The monoisotopic (exact) mass is 380 g/mol. The van der Waals surface area contributed by atoms with E-state index < -0.39 is 0 Å². The Morgan fingerprint density at radius 1 is 1.12 bits per heavy atom. The average Bonchev–Trinajstić information content (AvgIpc) is 2.60. The van der Waals surface area contributed by atoms with Gasteiger partial charge < -0.3 is 5.32 Å². The Hall–Kier alpha value is -2.46. The fourth-order valence-corrected chi connectivity index (χ4v) is 3.22. The number of nitrogens with one attached hydrogen (secondary N) is 1. The van der Waals surface area contributed by atoms with Crippen LogP contribution < -0.4 is 5.32 Å². The van der Waals surface area contributed by atoms with Crippen molar-refractivity contribution >= 4 is 38.8 Å². The molecule has 24 heavy (non-hydrogen) atoms. The van der Waals surface area contributed by atoms with Crippen molar-refractivity contribution in [1.29, 1.82) is 0 Å². The van der Waals surface area contributed by atoms with Crippen LogP contribution in [-0.2, 0) is 4.79 Å². The quantitative estimate of drug-likeness (QED) is 0.654. The Morgan fingerprint density at radius 2 is 1.92 bits per heavy atom. The lowest BCUT2D eigenvalue weighted by molar-refractivity contribution is -0.117. The van der Waals surface area contributed by atoms with Crippen LogP contribution in [0.4, 0.5) is 0 Å². The molecule has 1 heterocycles. The summed E-state index contributed by atoms with van der Waals surface area (Å²) in [6.07, 6.45) is 5.11. The van der Waals surface area contributed by atoms with Crippen molar-refractivity contribution in [3.8, 4) is 0 Å². The van der Waals surface area contributed by atoms with E-state index in [0.717, 1.165) is 26.5 Å². The normalized spacial score (nSPS) is 12.4. The molecule has 1 atom stereocenters. The molecule has 0 aliphatic carbocycles. The molecule has 2 aromatic carbocycles. The van der Waals surface area contributed by atoms with Gasteiger partial charge in [-0.15, -0.1) is 0 Å². The predicted octanol–water partition coefficient (Wildman–Crippen LogP) is 4.89. The standard InChI is InChI=1S/C20H17BrN2O/c1-14(17-9-2-3-10-18(17)21)23-19(24)12-11-16-7-4-6-15-8-5-13-22-20(15)16/h2-14H,1H3,(H,23,24)/b12-11+. The van der Waals surface area contributed by atoms with Gasteiger partial charge in [-0.1, -0.05) is 58.4 Å². The van der Waals surface area contributed by atoms with E-state index in [1.54, 1.807) is 18.3 Å². The van der Waals surface area contributed by atoms with Gasteiger partial charge in [0.1, 0.15) is 0 Å². The lowest BCUT2D eigenvalue weighted by atomic mass is 10.1. The number of carbonyl (C=O) groups is 1. The van der Waals surface area contributed by atoms with Gasteiger partial charge in [-0.05, 0) is 30.7 Å². The van der Waals surface area contributed by atoms with Crippen molar-refractivity contribution in [1.82, 2.24) is 10.3 Å². The second-order valence-corrected chi connectivity index (χ2v) is 6.36. The van der Waals surface area contributed by atoms with Crippen molar-refractivity contribution in [2.45, 2.75) is 13.0 Å². The molecule has 1 amide bonds. The summed E-state index contributed by atoms with van der Waals surface area (Å²) in [5.74, 6) is -0.133. The number of pyridine rings is 1. The number of fused-ring (bicyclic) bond motifs is 1. The number of carbonyl (C=O) groups excluding carboxylic acids is 1. The number of rotatable bonds is 4. The number of amides is 1. The van der Waals surface area contributed by atoms with Gasteiger partial charge in [-0.3, -0.25) is 9.78 Å². The molecule has 1 aromatic heterocycles. The molecule has 0 aliphatic heterocycles. The van der Waals surface area contributed by atoms with Crippen molar-refractivity contribution in [2.75, 3.05) is 0 Å². The highest BCUT2D eigenvalue weighted by Crippen LogP contribution is 2.22. The first kappa shape index (κ1) is 16.4. The molecular formula is C20H17BrN2O. The summed E-state index contributed by atoms with van der Waals surface area (Å²) in [5.41, 5.74) is 2.87. The molecule has 0 bridgehead atoms. The summed E-state index contributed by atoms with van der Waals surface area (Å²) >= 11 is 3.51. The van der Waals surface area contributed by atoms with Crippen molar-refractivity contribution < 1.29 is 4.79 Å². The van der Waals surface area contributed by atoms with Gasteiger partial charge in [0.05, 0.1) is 11.6 Å². The van der Waals surface area contributed by atoms with Crippen molar-refractivity contribution in [2.24, 2.45) is 0 Å². The number of aromatic nitrogens is 1. The Bertz CT molecular complexity index is 900. The molecule has 1 N–H and O–H groups in total. The first-order valence-electron chi connectivity index (χ1n) is 7.72. The maximum absolute atomic E-state index is 12.2. The summed E-state index contributed by atoms with van der Waals surface area (Å²) in [7, 11) is 0. The van der Waals surface area contributed by atoms with E-state index in [9.17, 15) is 4.79 Å². The molecule has 1 unspecified atom stereocenters. The minimum atomic E-state index is -0.133. The SMILES string of the molecule is CC(NC(=O)/C=C/c1cccc2cccnc12)c1ccccc1Br. The topological polar surface area (TPSA) is 42.0 Å². The van der Waals surface area contributed by atoms with Gasteiger partial charge in [0.15, 0.2) is 0 Å². The van der Waals surface area contributed by atoms with Gasteiger partial charge in [0.25, 0.3) is 0 Å². The molecular weight excluding hydrogens is 364 g/mol. The molecule has 0 radical (unpaired) electrons. The highest BCUT2D eigenvalue weighted by Gasteiger charge is 2.10. The lowest BCUT2D eigenvalue weighted by Crippen LogP contribution is -2.24. The number of hydrogen-bond donors (Lipinski definition) is 1. The van der Waals surface area contributed by atoms with Crippen LogP contribution in [-0.4, -0.2) is 10.9 Å². The molecule has 120 valence electrons. The van der Waals surface area contributed by atoms with E-state index in [-0.39, 0.29) is 11.9 Å². The van der Waals surface area contributed by atoms with E-state index in [1.807, 2.05) is 61.5 Å². The van der Waals surface area contributed by atoms with Crippen LogP contribution >= 0.6 is 15.9 Å². The van der Waals surface area contributed by atoms with Crippen LogP contribution in [0.1, 0.15) is 24.1 Å². The maximum Gasteiger partial charge on any atom is 0.244 e. The van der Waals surface area contributed by atoms with E-state index >= 15 is 0 Å². The number of nitrogens with zero attached hydrogens (tertiary/aromatic N) is 1. The van der Waals surface area contributed by atoms with E-state index in [0.29, 0.717) is 0 Å². The largest absolute Gasteiger partial charge is 0.346 e. The van der Waals surface area contributed by atoms with Gasteiger partial charge >= 0.3 is 0 Å². The molecule has 0 saturated heterocycles. The smallest absolute Gasteiger partial charge is 0.244 e. The lowest BCUT2D eigenvalue weighted by Gasteiger charge is -2.14. The third-order valence-electron chi connectivity index (χ3n) is 3.81. The first-order chi connectivity index (χ1) is 11.6. The van der Waals surface area contributed by atoms with E-state index in [1.165, 1.54) is 0 Å². The Labute approximate surface area is 149 Å². The zero-order valence-electron chi connectivity index (χ0n) is 13.2. The second-order valence-electron chi connectivity index (χ2n) is 5.51. The summed E-state index contributed by atoms with van der Waals surface area (Å²) in [4.78, 5) is 16.6. The van der Waals surface area contributed by atoms with Crippen LogP contribution in [0.15, 0.2) is 71.3 Å². The molecule has 0 aliphatic rings. The zero-order chi connectivity index (χ0) is 16.9. The fourth-order valence-electron chi connectivity index (χ4n) is 2.59. The Kier molecular flexibility index (Phi) is 5.06. The minimum Gasteiger partial charge on any atom is -0.346 e. The number of benzene rings is 2. The molecule has 3 aromatic rings. The fraction of sp³-hybridized carbons (Fsp3) is 0.100. The summed E-state index contributed by atoms with van der Waals surface area (Å²) in [6, 6.07) is 17.6. The van der Waals surface area contributed by atoms with Gasteiger partial charge in [0.2, 0.25) is 5.91 Å². The van der Waals surface area contributed by atoms with Crippen LogP contribution in [0.3, 0.4) is 0 Å². The minimum absolute atomic E-state index is 0.0802. The first-order valence-corrected chi connectivity index (χ1v) is 8.51. The summed E-state index contributed by atoms with van der Waals surface area (Å²) < 4.78 is 0.986. The molecule has 3 rings (SSSR count). The number of hydrogen-bond acceptors (Lipinski definition) is 2. The van der Waals surface area contributed by atoms with E-state index in [4.69, 9.17) is 0 Å². The second kappa shape index (κ2) is 7.41. The van der Waals surface area contributed by atoms with Gasteiger partial charge in [-0.2, -0.15) is 0 Å². The maximum atomic E-state index is 12.2. The third-order valence-corrected chi connectivity index (χ3v) is 4.53. The summed E-state index contributed by atoms with van der Waals surface area (Å²) in [6.45, 7) is 1.96. The molecule has 0 fully saturated rings. The van der Waals surface area contributed by atoms with Gasteiger partial charge in [0, 0.05) is 27.7 Å². The Morgan fingerprint density at radius 3 is 2.75 bits per heavy atom. The molecule has 4 heteroatoms. The predicted molar refractivity (Wildman–Crippen MR) is 101 cm³/mol. The van der Waals surface area contributed by atoms with Crippen molar-refractivity contribution in [3.63, 3.8) is 0 Å². The van der Waals surface area contributed by atoms with Crippen LogP contribution in [0.2, 0.25) is 0 Å². The number of para-hydroxylation sites is 1.